The Hall–Kier alpha value is -0.480. The minimum absolute atomic E-state index is 0.0185. The molecule has 2 nitrogen and oxygen atoms in total. The third-order valence-electron chi connectivity index (χ3n) is 1.24. The number of rotatable bonds is 1. The Morgan fingerprint density at radius 1 is 1.64 bits per heavy atom. The molecule has 0 fully saturated rings. The summed E-state index contributed by atoms with van der Waals surface area (Å²) in [6.45, 7) is 0. The predicted molar refractivity (Wildman–Crippen MR) is 49.6 cm³/mol. The van der Waals surface area contributed by atoms with Crippen molar-refractivity contribution >= 4 is 29.9 Å². The average Bonchev–Trinajstić information content (AvgIpc) is 2.33. The van der Waals surface area contributed by atoms with Crippen molar-refractivity contribution in [2.24, 2.45) is 0 Å². The molecule has 1 amide bonds. The number of nitrogens with zero attached hydrogens (tertiary/aromatic N) is 1. The van der Waals surface area contributed by atoms with E-state index in [4.69, 9.17) is 0 Å². The third-order valence-corrected chi connectivity index (χ3v) is 2.67. The topological polar surface area (TPSA) is 20.3 Å². The van der Waals surface area contributed by atoms with E-state index in [-0.39, 0.29) is 5.91 Å². The van der Waals surface area contributed by atoms with Crippen LogP contribution in [0.5, 0.6) is 0 Å². The van der Waals surface area contributed by atoms with Gasteiger partial charge >= 0.3 is 0 Å². The summed E-state index contributed by atoms with van der Waals surface area (Å²) in [5.74, 6) is 0.0185. The first-order chi connectivity index (χ1) is 5.13. The maximum Gasteiger partial charge on any atom is 0.264 e. The number of hydrogen-bond acceptors (Lipinski definition) is 3. The molecule has 1 aromatic heterocycles. The van der Waals surface area contributed by atoms with Gasteiger partial charge in [-0.2, -0.15) is 0 Å². The molecule has 0 saturated carbocycles. The number of amides is 1. The largest absolute Gasteiger partial charge is 0.344 e. The minimum Gasteiger partial charge on any atom is -0.344 e. The van der Waals surface area contributed by atoms with Crippen LogP contribution in [-0.4, -0.2) is 24.9 Å². The molecular weight excluding hydrogens is 178 g/mol. The number of carbonyl (C=O) groups is 1. The number of hydrogen-bond donors (Lipinski definition) is 1. The van der Waals surface area contributed by atoms with E-state index in [1.165, 1.54) is 11.3 Å². The second-order valence-corrected chi connectivity index (χ2v) is 3.73. The van der Waals surface area contributed by atoms with Gasteiger partial charge in [0.05, 0.1) is 0 Å². The van der Waals surface area contributed by atoms with E-state index in [0.29, 0.717) is 4.88 Å². The average molecular weight is 187 g/mol. The van der Waals surface area contributed by atoms with Gasteiger partial charge in [0.25, 0.3) is 5.91 Å². The van der Waals surface area contributed by atoms with Gasteiger partial charge < -0.3 is 4.90 Å². The van der Waals surface area contributed by atoms with Crippen LogP contribution in [0, 0.1) is 0 Å². The fourth-order valence-electron chi connectivity index (χ4n) is 0.666. The van der Waals surface area contributed by atoms with Crippen LogP contribution in [0.25, 0.3) is 0 Å². The maximum atomic E-state index is 11.3. The van der Waals surface area contributed by atoms with Gasteiger partial charge in [-0.05, 0) is 11.4 Å². The van der Waals surface area contributed by atoms with Crippen molar-refractivity contribution in [3.05, 3.63) is 16.3 Å². The molecule has 11 heavy (non-hydrogen) atoms. The summed E-state index contributed by atoms with van der Waals surface area (Å²) >= 11 is 5.56. The lowest BCUT2D eigenvalue weighted by atomic mass is 10.4. The summed E-state index contributed by atoms with van der Waals surface area (Å²) in [6, 6.07) is 1.82. The van der Waals surface area contributed by atoms with E-state index in [1.54, 1.807) is 19.0 Å². The first-order valence-electron chi connectivity index (χ1n) is 3.11. The molecule has 1 heterocycles. The van der Waals surface area contributed by atoms with Gasteiger partial charge in [-0.25, -0.2) is 0 Å². The highest BCUT2D eigenvalue weighted by Crippen LogP contribution is 2.20. The lowest BCUT2D eigenvalue weighted by Gasteiger charge is -2.08. The lowest BCUT2D eigenvalue weighted by molar-refractivity contribution is 0.0829. The van der Waals surface area contributed by atoms with E-state index in [9.17, 15) is 4.79 Å². The van der Waals surface area contributed by atoms with Gasteiger partial charge in [-0.3, -0.25) is 4.79 Å². The van der Waals surface area contributed by atoms with Crippen LogP contribution >= 0.6 is 24.0 Å². The van der Waals surface area contributed by atoms with Crippen molar-refractivity contribution in [1.29, 1.82) is 0 Å². The van der Waals surface area contributed by atoms with Crippen LogP contribution < -0.4 is 0 Å². The molecule has 0 N–H and O–H groups in total. The molecule has 0 aliphatic carbocycles. The summed E-state index contributed by atoms with van der Waals surface area (Å²) in [5, 5.41) is 1.86. The Morgan fingerprint density at radius 2 is 2.27 bits per heavy atom. The SMILES string of the molecule is CN(C)C(=O)c1sccc1S. The zero-order valence-corrected chi connectivity index (χ0v) is 8.08. The predicted octanol–water partition coefficient (Wildman–Crippen LogP) is 1.74. The van der Waals surface area contributed by atoms with Crippen LogP contribution in [0.4, 0.5) is 0 Å². The van der Waals surface area contributed by atoms with E-state index >= 15 is 0 Å². The van der Waals surface area contributed by atoms with Crippen LogP contribution in [0.15, 0.2) is 16.3 Å². The van der Waals surface area contributed by atoms with Crippen molar-refractivity contribution in [1.82, 2.24) is 4.90 Å². The first-order valence-corrected chi connectivity index (χ1v) is 4.43. The minimum atomic E-state index is 0.0185. The molecular formula is C7H9NOS2. The van der Waals surface area contributed by atoms with Crippen LogP contribution in [0.3, 0.4) is 0 Å². The quantitative estimate of drug-likeness (QED) is 0.664. The molecule has 0 aromatic carbocycles. The van der Waals surface area contributed by atoms with Crippen molar-refractivity contribution in [3.8, 4) is 0 Å². The molecule has 0 bridgehead atoms. The molecule has 1 aromatic rings. The van der Waals surface area contributed by atoms with Crippen molar-refractivity contribution in [2.45, 2.75) is 4.90 Å². The Bertz CT molecular complexity index is 267. The molecule has 0 aliphatic rings. The molecule has 0 atom stereocenters. The monoisotopic (exact) mass is 187 g/mol. The van der Waals surface area contributed by atoms with Gasteiger partial charge in [-0.15, -0.1) is 24.0 Å². The second kappa shape index (κ2) is 3.28. The normalized spacial score (nSPS) is 9.73. The van der Waals surface area contributed by atoms with Crippen LogP contribution in [0.2, 0.25) is 0 Å². The molecule has 60 valence electrons. The van der Waals surface area contributed by atoms with Gasteiger partial charge in [0.15, 0.2) is 0 Å². The zero-order chi connectivity index (χ0) is 8.43. The smallest absolute Gasteiger partial charge is 0.264 e. The lowest BCUT2D eigenvalue weighted by Crippen LogP contribution is -2.20. The van der Waals surface area contributed by atoms with Gasteiger partial charge in [0.2, 0.25) is 0 Å². The Morgan fingerprint density at radius 3 is 2.64 bits per heavy atom. The summed E-state index contributed by atoms with van der Waals surface area (Å²) in [4.78, 5) is 14.3. The summed E-state index contributed by atoms with van der Waals surface area (Å²) in [7, 11) is 3.46. The molecule has 0 radical (unpaired) electrons. The van der Waals surface area contributed by atoms with E-state index < -0.39 is 0 Å². The van der Waals surface area contributed by atoms with Gasteiger partial charge in [0.1, 0.15) is 4.88 Å². The van der Waals surface area contributed by atoms with Crippen LogP contribution in [0.1, 0.15) is 9.67 Å². The highest BCUT2D eigenvalue weighted by molar-refractivity contribution is 7.80. The summed E-state index contributed by atoms with van der Waals surface area (Å²) in [6.07, 6.45) is 0. The number of carbonyl (C=O) groups excluding carboxylic acids is 1. The van der Waals surface area contributed by atoms with Crippen molar-refractivity contribution in [2.75, 3.05) is 14.1 Å². The first kappa shape index (κ1) is 8.62. The van der Waals surface area contributed by atoms with Crippen LogP contribution in [-0.2, 0) is 0 Å². The van der Waals surface area contributed by atoms with E-state index in [1.807, 2.05) is 11.4 Å². The highest BCUT2D eigenvalue weighted by Gasteiger charge is 2.11. The standard InChI is InChI=1S/C7H9NOS2/c1-8(2)7(9)6-5(10)3-4-11-6/h3-4,10H,1-2H3. The molecule has 0 spiro atoms. The molecule has 0 saturated heterocycles. The van der Waals surface area contributed by atoms with Gasteiger partial charge in [0, 0.05) is 19.0 Å². The van der Waals surface area contributed by atoms with E-state index in [2.05, 4.69) is 12.6 Å². The number of thiophene rings is 1. The Kier molecular flexibility index (Phi) is 2.57. The Balaban J connectivity index is 2.93. The van der Waals surface area contributed by atoms with E-state index in [0.717, 1.165) is 4.90 Å². The molecule has 1 rings (SSSR count). The van der Waals surface area contributed by atoms with Gasteiger partial charge in [-0.1, -0.05) is 0 Å². The fourth-order valence-corrected chi connectivity index (χ4v) is 1.91. The zero-order valence-electron chi connectivity index (χ0n) is 6.37. The third kappa shape index (κ3) is 1.75. The highest BCUT2D eigenvalue weighted by atomic mass is 32.1. The second-order valence-electron chi connectivity index (χ2n) is 2.33. The van der Waals surface area contributed by atoms with Crippen molar-refractivity contribution < 1.29 is 4.79 Å². The van der Waals surface area contributed by atoms with Crippen molar-refractivity contribution in [3.63, 3.8) is 0 Å². The maximum absolute atomic E-state index is 11.3. The summed E-state index contributed by atoms with van der Waals surface area (Å²) < 4.78 is 0. The summed E-state index contributed by atoms with van der Waals surface area (Å²) in [5.41, 5.74) is 0. The molecule has 0 aliphatic heterocycles. The number of thiol groups is 1. The fraction of sp³-hybridized carbons (Fsp3) is 0.286. The molecule has 0 unspecified atom stereocenters. The molecule has 4 heteroatoms. The Labute approximate surface area is 75.2 Å².